The zero-order valence-electron chi connectivity index (χ0n) is 23.3. The van der Waals surface area contributed by atoms with Gasteiger partial charge in [-0.2, -0.15) is 0 Å². The Morgan fingerprint density at radius 1 is 1.08 bits per heavy atom. The molecule has 3 atom stereocenters. The lowest BCUT2D eigenvalue weighted by Crippen LogP contribution is -2.38. The van der Waals surface area contributed by atoms with Gasteiger partial charge >= 0.3 is 6.03 Å². The Morgan fingerprint density at radius 2 is 1.77 bits per heavy atom. The first-order valence-electron chi connectivity index (χ1n) is 13.1. The van der Waals surface area contributed by atoms with Gasteiger partial charge in [-0.25, -0.2) is 9.78 Å². The van der Waals surface area contributed by atoms with Crippen molar-refractivity contribution >= 4 is 23.5 Å². The number of aromatic nitrogens is 2. The van der Waals surface area contributed by atoms with Crippen molar-refractivity contribution in [1.82, 2.24) is 25.5 Å². The van der Waals surface area contributed by atoms with Crippen LogP contribution in [0.15, 0.2) is 48.7 Å². The van der Waals surface area contributed by atoms with Crippen LogP contribution in [0.4, 0.5) is 4.79 Å². The highest BCUT2D eigenvalue weighted by Crippen LogP contribution is 2.28. The summed E-state index contributed by atoms with van der Waals surface area (Å²) in [5, 5.41) is 19.8. The van der Waals surface area contributed by atoms with Crippen LogP contribution >= 0.6 is 11.6 Å². The summed E-state index contributed by atoms with van der Waals surface area (Å²) in [5.41, 5.74) is 2.69. The quantitative estimate of drug-likeness (QED) is 0.261. The third kappa shape index (κ3) is 7.52. The first kappa shape index (κ1) is 30.0. The smallest absolute Gasteiger partial charge is 0.315 e. The molecule has 0 aliphatic carbocycles. The topological polar surface area (TPSA) is 118 Å². The molecule has 0 radical (unpaired) electrons. The summed E-state index contributed by atoms with van der Waals surface area (Å²) >= 11 is 6.29. The molecule has 210 valence electrons. The van der Waals surface area contributed by atoms with Crippen molar-refractivity contribution in [2.24, 2.45) is 7.05 Å². The number of benzene rings is 2. The summed E-state index contributed by atoms with van der Waals surface area (Å²) in [6.45, 7) is 7.69. The van der Waals surface area contributed by atoms with Crippen molar-refractivity contribution in [3.63, 3.8) is 0 Å². The fourth-order valence-corrected chi connectivity index (χ4v) is 4.48. The number of hydrogen-bond donors (Lipinski definition) is 4. The van der Waals surface area contributed by atoms with Crippen LogP contribution < -0.4 is 20.7 Å². The number of nitrogens with one attached hydrogen (secondary N) is 3. The summed E-state index contributed by atoms with van der Waals surface area (Å²) in [4.78, 5) is 29.5. The molecule has 0 saturated carbocycles. The average Bonchev–Trinajstić information content (AvgIpc) is 3.31. The van der Waals surface area contributed by atoms with Gasteiger partial charge in [0, 0.05) is 31.4 Å². The van der Waals surface area contributed by atoms with Gasteiger partial charge in [0.15, 0.2) is 0 Å². The number of hydrogen-bond acceptors (Lipinski definition) is 5. The van der Waals surface area contributed by atoms with Crippen molar-refractivity contribution in [3.8, 4) is 17.0 Å². The predicted octanol–water partition coefficient (Wildman–Crippen LogP) is 5.15. The van der Waals surface area contributed by atoms with Crippen molar-refractivity contribution in [3.05, 3.63) is 70.6 Å². The van der Waals surface area contributed by atoms with Crippen molar-refractivity contribution < 1.29 is 19.4 Å². The molecule has 1 aromatic heterocycles. The van der Waals surface area contributed by atoms with Gasteiger partial charge in [0.2, 0.25) is 0 Å². The maximum atomic E-state index is 12.9. The molecule has 9 nitrogen and oxygen atoms in total. The van der Waals surface area contributed by atoms with Gasteiger partial charge in [0.1, 0.15) is 11.6 Å². The number of aliphatic hydroxyl groups excluding tert-OH is 1. The molecule has 0 saturated heterocycles. The van der Waals surface area contributed by atoms with Crippen LogP contribution in [0.25, 0.3) is 11.3 Å². The Kier molecular flexibility index (Phi) is 10.4. The monoisotopic (exact) mass is 555 g/mol. The van der Waals surface area contributed by atoms with Crippen LogP contribution in [-0.2, 0) is 7.05 Å². The maximum absolute atomic E-state index is 12.9. The number of ether oxygens (including phenoxy) is 1. The molecule has 1 unspecified atom stereocenters. The SMILES string of the molecule is CC[C@H](NC(=O)c1ccc(OC(C)C)c(Cl)c1)C(O)c1ccc(-c2cn(C)c([C@@H](CC)NC(=O)NC)n2)cc1. The van der Waals surface area contributed by atoms with Gasteiger partial charge in [-0.1, -0.05) is 49.7 Å². The zero-order chi connectivity index (χ0) is 28.7. The van der Waals surface area contributed by atoms with E-state index < -0.39 is 12.1 Å². The molecule has 1 heterocycles. The minimum atomic E-state index is -0.910. The number of carbonyl (C=O) groups is 2. The molecular formula is C29H38ClN5O4. The second-order valence-corrected chi connectivity index (χ2v) is 10.1. The minimum absolute atomic E-state index is 0.0350. The Labute approximate surface area is 234 Å². The minimum Gasteiger partial charge on any atom is -0.489 e. The lowest BCUT2D eigenvalue weighted by molar-refractivity contribution is 0.0827. The molecule has 3 amide bonds. The highest BCUT2D eigenvalue weighted by molar-refractivity contribution is 6.32. The van der Waals surface area contributed by atoms with E-state index in [0.717, 1.165) is 17.1 Å². The van der Waals surface area contributed by atoms with Gasteiger partial charge in [0.25, 0.3) is 5.91 Å². The molecule has 4 N–H and O–H groups in total. The van der Waals surface area contributed by atoms with E-state index in [1.165, 1.54) is 0 Å². The molecule has 0 spiro atoms. The average molecular weight is 556 g/mol. The third-order valence-electron chi connectivity index (χ3n) is 6.41. The number of nitrogens with zero attached hydrogens (tertiary/aromatic N) is 2. The van der Waals surface area contributed by atoms with Crippen molar-refractivity contribution in [2.75, 3.05) is 7.05 Å². The van der Waals surface area contributed by atoms with Gasteiger partial charge in [0.05, 0.1) is 35.0 Å². The number of amides is 3. The normalized spacial score (nSPS) is 13.5. The van der Waals surface area contributed by atoms with Gasteiger partial charge < -0.3 is 30.4 Å². The first-order valence-corrected chi connectivity index (χ1v) is 13.5. The van der Waals surface area contributed by atoms with Crippen LogP contribution in [0.1, 0.15) is 74.4 Å². The molecule has 2 aromatic carbocycles. The summed E-state index contributed by atoms with van der Waals surface area (Å²) < 4.78 is 7.54. The van der Waals surface area contributed by atoms with Crippen molar-refractivity contribution in [2.45, 2.75) is 64.8 Å². The highest BCUT2D eigenvalue weighted by atomic mass is 35.5. The zero-order valence-corrected chi connectivity index (χ0v) is 24.0. The van der Waals surface area contributed by atoms with Gasteiger partial charge in [-0.3, -0.25) is 4.79 Å². The van der Waals surface area contributed by atoms with Crippen LogP contribution in [0.5, 0.6) is 5.75 Å². The van der Waals surface area contributed by atoms with Crippen LogP contribution in [0.2, 0.25) is 5.02 Å². The van der Waals surface area contributed by atoms with E-state index in [2.05, 4.69) is 16.0 Å². The standard InChI is InChI=1S/C29H38ClN5O4/c1-7-22(33-28(37)20-13-14-25(21(30)15-20)39-17(3)4)26(36)19-11-9-18(10-12-19)24-16-35(6)27(32-24)23(8-2)34-29(38)31-5/h9-17,22-23,26,36H,7-8H2,1-6H3,(H,33,37)(H2,31,34,38)/t22-,23+,26?/m0/s1. The van der Waals surface area contributed by atoms with E-state index in [-0.39, 0.29) is 24.1 Å². The summed E-state index contributed by atoms with van der Waals surface area (Å²) in [5.74, 6) is 0.939. The Hall–Kier alpha value is -3.56. The Balaban J connectivity index is 1.72. The molecule has 3 aromatic rings. The molecule has 0 fully saturated rings. The number of rotatable bonds is 11. The van der Waals surface area contributed by atoms with E-state index in [4.69, 9.17) is 21.3 Å². The lowest BCUT2D eigenvalue weighted by Gasteiger charge is -2.23. The molecule has 39 heavy (non-hydrogen) atoms. The molecule has 3 rings (SSSR count). The molecule has 0 aliphatic heterocycles. The van der Waals surface area contributed by atoms with Gasteiger partial charge in [-0.15, -0.1) is 0 Å². The predicted molar refractivity (Wildman–Crippen MR) is 153 cm³/mol. The van der Waals surface area contributed by atoms with E-state index >= 15 is 0 Å². The first-order chi connectivity index (χ1) is 18.6. The number of imidazole rings is 1. The maximum Gasteiger partial charge on any atom is 0.315 e. The van der Waals surface area contributed by atoms with E-state index in [1.807, 2.05) is 69.8 Å². The molecule has 10 heteroatoms. The Bertz CT molecular complexity index is 1280. The molecule has 0 aliphatic rings. The van der Waals surface area contributed by atoms with Crippen LogP contribution in [0, 0.1) is 0 Å². The number of aryl methyl sites for hydroxylation is 1. The lowest BCUT2D eigenvalue weighted by atomic mass is 9.98. The fourth-order valence-electron chi connectivity index (χ4n) is 4.25. The van der Waals surface area contributed by atoms with E-state index in [0.29, 0.717) is 34.7 Å². The number of urea groups is 1. The van der Waals surface area contributed by atoms with Crippen molar-refractivity contribution in [1.29, 1.82) is 0 Å². The second kappa shape index (κ2) is 13.5. The largest absolute Gasteiger partial charge is 0.489 e. The summed E-state index contributed by atoms with van der Waals surface area (Å²) in [6.07, 6.45) is 2.18. The number of halogens is 1. The number of aliphatic hydroxyl groups is 1. The molecular weight excluding hydrogens is 518 g/mol. The number of carbonyl (C=O) groups excluding carboxylic acids is 2. The highest BCUT2D eigenvalue weighted by Gasteiger charge is 2.23. The fraction of sp³-hybridized carbons (Fsp3) is 0.414. The third-order valence-corrected chi connectivity index (χ3v) is 6.70. The van der Waals surface area contributed by atoms with Crippen LogP contribution in [0.3, 0.4) is 0 Å². The van der Waals surface area contributed by atoms with Crippen LogP contribution in [-0.4, -0.2) is 45.8 Å². The van der Waals surface area contributed by atoms with E-state index in [9.17, 15) is 14.7 Å². The summed E-state index contributed by atoms with van der Waals surface area (Å²) in [7, 11) is 3.47. The second-order valence-electron chi connectivity index (χ2n) is 9.65. The van der Waals surface area contributed by atoms with E-state index in [1.54, 1.807) is 25.2 Å². The van der Waals surface area contributed by atoms with Gasteiger partial charge in [-0.05, 0) is 50.5 Å². The summed E-state index contributed by atoms with van der Waals surface area (Å²) in [6, 6.07) is 11.3. The molecule has 0 bridgehead atoms. The Morgan fingerprint density at radius 3 is 2.33 bits per heavy atom.